The quantitative estimate of drug-likeness (QED) is 0.151. The van der Waals surface area contributed by atoms with Crippen LogP contribution in [0.5, 0.6) is 5.75 Å². The average molecular weight is 611 g/mol. The first-order valence-corrected chi connectivity index (χ1v) is 14.1. The van der Waals surface area contributed by atoms with Crippen LogP contribution in [0.2, 0.25) is 0 Å². The van der Waals surface area contributed by atoms with Crippen molar-refractivity contribution in [3.05, 3.63) is 76.1 Å². The zero-order valence-corrected chi connectivity index (χ0v) is 25.0. The van der Waals surface area contributed by atoms with Gasteiger partial charge in [-0.15, -0.1) is 0 Å². The Morgan fingerprint density at radius 1 is 1.16 bits per heavy atom. The number of Topliss-reactive ketones (excluding diaryl/α,β-unsaturated/α-hetero) is 2. The van der Waals surface area contributed by atoms with Crippen LogP contribution in [0.25, 0.3) is 0 Å². The van der Waals surface area contributed by atoms with Gasteiger partial charge in [0.1, 0.15) is 17.1 Å². The van der Waals surface area contributed by atoms with Gasteiger partial charge in [0, 0.05) is 36.2 Å². The number of nitrogens with two attached hydrogens (primary N) is 1. The molecule has 13 heteroatoms. The number of likely N-dealkylation sites (N-methyl/N-ethyl adjacent to an activating group) is 1. The summed E-state index contributed by atoms with van der Waals surface area (Å²) in [4.78, 5) is 56.2. The van der Waals surface area contributed by atoms with Gasteiger partial charge in [-0.25, -0.2) is 0 Å². The van der Waals surface area contributed by atoms with Crippen LogP contribution in [0.3, 0.4) is 0 Å². The van der Waals surface area contributed by atoms with Crippen molar-refractivity contribution in [3.63, 3.8) is 0 Å². The number of ketones is 2. The Morgan fingerprint density at radius 3 is 2.35 bits per heavy atom. The van der Waals surface area contributed by atoms with Gasteiger partial charge in [-0.05, 0) is 62.3 Å². The van der Waals surface area contributed by atoms with Gasteiger partial charge in [0.15, 0.2) is 17.1 Å². The number of benzene rings is 1. The number of primary amides is 1. The first-order valence-electron chi connectivity index (χ1n) is 13.3. The maximum atomic E-state index is 14.1. The lowest BCUT2D eigenvalue weighted by Crippen LogP contribution is -2.63. The lowest BCUT2D eigenvalue weighted by molar-refractivity contribution is -0.148. The van der Waals surface area contributed by atoms with Gasteiger partial charge in [-0.1, -0.05) is 25.3 Å². The molecule has 0 spiro atoms. The summed E-state index contributed by atoms with van der Waals surface area (Å²) < 4.78 is 0. The van der Waals surface area contributed by atoms with Crippen LogP contribution >= 0.6 is 11.8 Å². The number of phenols is 1. The number of nitrogens with one attached hydrogen (secondary N) is 1. The summed E-state index contributed by atoms with van der Waals surface area (Å²) in [5.74, 6) is -7.48. The molecule has 0 bridgehead atoms. The number of thioether (sulfide) groups is 1. The monoisotopic (exact) mass is 610 g/mol. The highest BCUT2D eigenvalue weighted by molar-refractivity contribution is 8.17. The largest absolute Gasteiger partial charge is 0.510 e. The third-order valence-corrected chi connectivity index (χ3v) is 8.94. The second-order valence-electron chi connectivity index (χ2n) is 11.0. The first kappa shape index (κ1) is 31.6. The maximum Gasteiger partial charge on any atom is 0.288 e. The maximum absolute atomic E-state index is 14.1. The van der Waals surface area contributed by atoms with Crippen molar-refractivity contribution < 1.29 is 39.6 Å². The van der Waals surface area contributed by atoms with E-state index in [1.165, 1.54) is 23.1 Å². The fourth-order valence-corrected chi connectivity index (χ4v) is 6.92. The topological polar surface area (TPSA) is 194 Å². The number of allylic oxidation sites excluding steroid dienone is 4. The van der Waals surface area contributed by atoms with Gasteiger partial charge in [0.2, 0.25) is 5.78 Å². The Labute approximate surface area is 252 Å². The highest BCUT2D eigenvalue weighted by Crippen LogP contribution is 2.54. The molecule has 0 radical (unpaired) electrons. The molecule has 0 aliphatic heterocycles. The van der Waals surface area contributed by atoms with Crippen molar-refractivity contribution in [2.24, 2.45) is 17.6 Å². The van der Waals surface area contributed by atoms with Gasteiger partial charge >= 0.3 is 0 Å². The fraction of sp³-hybridized carbons (Fsp3) is 0.333. The summed E-state index contributed by atoms with van der Waals surface area (Å²) in [6.07, 6.45) is 4.59. The Kier molecular flexibility index (Phi) is 8.38. The second-order valence-corrected chi connectivity index (χ2v) is 12.1. The highest BCUT2D eigenvalue weighted by atomic mass is 32.2. The molecule has 1 aromatic rings. The van der Waals surface area contributed by atoms with Gasteiger partial charge in [0.05, 0.1) is 17.3 Å². The van der Waals surface area contributed by atoms with Crippen molar-refractivity contribution in [1.29, 1.82) is 0 Å². The second kappa shape index (κ2) is 11.4. The summed E-state index contributed by atoms with van der Waals surface area (Å²) in [6, 6.07) is 0.441. The molecule has 43 heavy (non-hydrogen) atoms. The van der Waals surface area contributed by atoms with E-state index in [2.05, 4.69) is 18.5 Å². The molecule has 4 rings (SSSR count). The predicted octanol–water partition coefficient (Wildman–Crippen LogP) is 2.71. The number of phenolic OH excluding ortho intramolecular Hbond substituents is 1. The van der Waals surface area contributed by atoms with Gasteiger partial charge < -0.3 is 36.4 Å². The van der Waals surface area contributed by atoms with Crippen molar-refractivity contribution >= 4 is 45.8 Å². The number of hydrogen-bond donors (Lipinski definition) is 6. The van der Waals surface area contributed by atoms with Crippen LogP contribution in [0.1, 0.15) is 22.3 Å². The highest BCUT2D eigenvalue weighted by Gasteiger charge is 2.63. The van der Waals surface area contributed by atoms with Crippen LogP contribution in [0, 0.1) is 11.8 Å². The predicted molar refractivity (Wildman–Crippen MR) is 163 cm³/mol. The number of rotatable bonds is 7. The van der Waals surface area contributed by atoms with E-state index in [1.807, 2.05) is 0 Å². The van der Waals surface area contributed by atoms with Crippen LogP contribution in [-0.2, 0) is 16.0 Å². The fourth-order valence-electron chi connectivity index (χ4n) is 6.30. The van der Waals surface area contributed by atoms with Gasteiger partial charge in [-0.3, -0.25) is 24.1 Å². The number of aliphatic hydroxyl groups excluding tert-OH is 2. The minimum absolute atomic E-state index is 0.0332. The van der Waals surface area contributed by atoms with Crippen LogP contribution in [-0.4, -0.2) is 87.9 Å². The molecule has 0 saturated carbocycles. The van der Waals surface area contributed by atoms with E-state index in [9.17, 15) is 39.6 Å². The van der Waals surface area contributed by atoms with Crippen molar-refractivity contribution in [1.82, 2.24) is 4.90 Å². The third kappa shape index (κ3) is 4.92. The van der Waals surface area contributed by atoms with Crippen LogP contribution in [0.4, 0.5) is 16.2 Å². The average Bonchev–Trinajstić information content (AvgIpc) is 2.91. The van der Waals surface area contributed by atoms with Crippen molar-refractivity contribution in [3.8, 4) is 5.75 Å². The number of carbonyl (C=O) groups is 4. The van der Waals surface area contributed by atoms with E-state index >= 15 is 0 Å². The van der Waals surface area contributed by atoms with E-state index in [0.29, 0.717) is 16.2 Å². The van der Waals surface area contributed by atoms with E-state index in [4.69, 9.17) is 5.73 Å². The molecular formula is C30H34N4O8S. The number of aromatic hydroxyl groups is 1. The summed E-state index contributed by atoms with van der Waals surface area (Å²) >= 11 is 0.787. The molecule has 1 aromatic carbocycles. The Hall–Kier alpha value is -4.33. The van der Waals surface area contributed by atoms with Gasteiger partial charge in [-0.2, -0.15) is 0 Å². The van der Waals surface area contributed by atoms with E-state index < -0.39 is 69.0 Å². The number of nitrogens with zero attached hydrogens (tertiary/aromatic N) is 2. The SMILES string of the molecule is C=C/C=C(\C=C)SC(=O)Nc1cc(N(C)C)c2c(c1O)C(=O)C1=C(O)[C@]3(O)C(=O)C(C(N)=O)=C(O)[C@@H](N(C)C)[C@@H]3C[C@@H]1C2. The summed E-state index contributed by atoms with van der Waals surface area (Å²) in [5.41, 5.74) is 2.12. The van der Waals surface area contributed by atoms with E-state index in [1.54, 1.807) is 39.2 Å². The molecule has 0 saturated heterocycles. The standard InChI is InChI=1S/C30H34N4O8S/c1-7-9-14(8-2)43-29(41)32-17-12-18(33(3)4)15-10-13-11-16-22(34(5)6)25(37)21(28(31)40)27(39)30(16,42)26(38)19(13)24(36)20(15)23(17)35/h7-9,12-13,16,22,35,37-38,42H,1-2,10-11H2,3-6H3,(H2,31,40)(H,32,41)/b14-9+/t13-,16-,22-,30-/m0/s1. The van der Waals surface area contributed by atoms with Crippen LogP contribution < -0.4 is 16.0 Å². The molecule has 0 aromatic heterocycles. The number of hydrogen-bond acceptors (Lipinski definition) is 11. The number of aliphatic hydroxyl groups is 3. The molecule has 228 valence electrons. The lowest BCUT2D eigenvalue weighted by Gasteiger charge is -2.50. The molecule has 2 amide bonds. The molecule has 0 fully saturated rings. The Morgan fingerprint density at radius 2 is 1.81 bits per heavy atom. The van der Waals surface area contributed by atoms with Gasteiger partial charge in [0.25, 0.3) is 11.1 Å². The molecule has 7 N–H and O–H groups in total. The molecule has 12 nitrogen and oxygen atoms in total. The smallest absolute Gasteiger partial charge is 0.288 e. The van der Waals surface area contributed by atoms with Crippen molar-refractivity contribution in [2.45, 2.75) is 24.5 Å². The minimum Gasteiger partial charge on any atom is -0.510 e. The summed E-state index contributed by atoms with van der Waals surface area (Å²) in [7, 11) is 6.57. The van der Waals surface area contributed by atoms with Crippen LogP contribution in [0.15, 0.2) is 65.0 Å². The molecule has 0 heterocycles. The number of fused-ring (bicyclic) bond motifs is 3. The molecule has 0 unspecified atom stereocenters. The summed E-state index contributed by atoms with van der Waals surface area (Å²) in [6.45, 7) is 7.23. The lowest BCUT2D eigenvalue weighted by atomic mass is 9.58. The Bertz CT molecular complexity index is 1570. The van der Waals surface area contributed by atoms with Crippen molar-refractivity contribution in [2.75, 3.05) is 38.4 Å². The molecule has 4 atom stereocenters. The molecule has 3 aliphatic rings. The van der Waals surface area contributed by atoms with E-state index in [-0.39, 0.29) is 29.7 Å². The number of anilines is 2. The zero-order chi connectivity index (χ0) is 32.1. The molecule has 3 aliphatic carbocycles. The zero-order valence-electron chi connectivity index (χ0n) is 24.2. The normalized spacial score (nSPS) is 25.2. The minimum atomic E-state index is -2.74. The number of carbonyl (C=O) groups excluding carboxylic acids is 4. The number of amides is 2. The van der Waals surface area contributed by atoms with E-state index in [0.717, 1.165) is 11.8 Å². The summed E-state index contributed by atoms with van der Waals surface area (Å²) in [5, 5.41) is 47.5. The Balaban J connectivity index is 1.89. The molecular weight excluding hydrogens is 576 g/mol. The first-order chi connectivity index (χ1) is 20.1. The third-order valence-electron chi connectivity index (χ3n) is 8.11.